The van der Waals surface area contributed by atoms with Crippen LogP contribution >= 0.6 is 0 Å². The second-order valence-electron chi connectivity index (χ2n) is 6.56. The number of fused-ring (bicyclic) bond motifs is 1. The Morgan fingerprint density at radius 2 is 2.00 bits per heavy atom. The van der Waals surface area contributed by atoms with Crippen molar-refractivity contribution in [2.75, 3.05) is 6.61 Å². The summed E-state index contributed by atoms with van der Waals surface area (Å²) in [5, 5.41) is 0. The molecule has 0 aromatic carbocycles. The van der Waals surface area contributed by atoms with Crippen molar-refractivity contribution in [2.24, 2.45) is 23.7 Å². The minimum absolute atomic E-state index is 0.00321. The molecule has 19 heavy (non-hydrogen) atoms. The van der Waals surface area contributed by atoms with Crippen molar-refractivity contribution >= 4 is 5.97 Å². The molecule has 2 aliphatic rings. The van der Waals surface area contributed by atoms with Crippen LogP contribution in [0.2, 0.25) is 0 Å². The zero-order valence-corrected chi connectivity index (χ0v) is 12.7. The van der Waals surface area contributed by atoms with Gasteiger partial charge >= 0.3 is 5.97 Å². The third-order valence-electron chi connectivity index (χ3n) is 5.28. The van der Waals surface area contributed by atoms with Gasteiger partial charge in [-0.2, -0.15) is 0 Å². The average molecular weight is 268 g/mol. The third-order valence-corrected chi connectivity index (χ3v) is 5.28. The van der Waals surface area contributed by atoms with Gasteiger partial charge in [0.25, 0.3) is 0 Å². The van der Waals surface area contributed by atoms with Crippen molar-refractivity contribution in [1.82, 2.24) is 0 Å². The summed E-state index contributed by atoms with van der Waals surface area (Å²) in [7, 11) is 0. The van der Waals surface area contributed by atoms with Crippen molar-refractivity contribution < 1.29 is 14.3 Å². The van der Waals surface area contributed by atoms with Gasteiger partial charge in [-0.15, -0.1) is 0 Å². The van der Waals surface area contributed by atoms with E-state index in [0.717, 1.165) is 25.7 Å². The summed E-state index contributed by atoms with van der Waals surface area (Å²) >= 11 is 0. The van der Waals surface area contributed by atoms with E-state index >= 15 is 0 Å². The van der Waals surface area contributed by atoms with Crippen LogP contribution in [-0.4, -0.2) is 24.8 Å². The van der Waals surface area contributed by atoms with E-state index in [0.29, 0.717) is 36.6 Å². The molecular weight excluding hydrogens is 240 g/mol. The van der Waals surface area contributed by atoms with Crippen molar-refractivity contribution in [1.29, 1.82) is 0 Å². The van der Waals surface area contributed by atoms with Crippen LogP contribution in [0.4, 0.5) is 0 Å². The Balaban J connectivity index is 1.70. The molecule has 6 unspecified atom stereocenters. The quantitative estimate of drug-likeness (QED) is 0.547. The van der Waals surface area contributed by atoms with Crippen LogP contribution in [-0.2, 0) is 14.3 Å². The van der Waals surface area contributed by atoms with Crippen molar-refractivity contribution in [2.45, 2.75) is 65.6 Å². The van der Waals surface area contributed by atoms with Crippen LogP contribution < -0.4 is 0 Å². The van der Waals surface area contributed by atoms with Crippen LogP contribution in [0, 0.1) is 23.7 Å². The highest BCUT2D eigenvalue weighted by atomic mass is 16.6. The fourth-order valence-corrected chi connectivity index (χ4v) is 3.05. The Hall–Kier alpha value is -0.570. The summed E-state index contributed by atoms with van der Waals surface area (Å²) in [6.07, 6.45) is 5.47. The largest absolute Gasteiger partial charge is 0.465 e. The standard InChI is InChI=1S/C16H28O3/c1-5-10(2)11(3)12(4)16(17)18-9-13-6-7-14-15(8-13)19-14/h10-15H,5-9H2,1-4H3. The fourth-order valence-electron chi connectivity index (χ4n) is 3.05. The third kappa shape index (κ3) is 3.71. The summed E-state index contributed by atoms with van der Waals surface area (Å²) < 4.78 is 11.0. The molecule has 0 spiro atoms. The summed E-state index contributed by atoms with van der Waals surface area (Å²) in [6, 6.07) is 0. The monoisotopic (exact) mass is 268 g/mol. The van der Waals surface area contributed by atoms with E-state index in [4.69, 9.17) is 9.47 Å². The van der Waals surface area contributed by atoms with Crippen LogP contribution in [0.25, 0.3) is 0 Å². The van der Waals surface area contributed by atoms with E-state index in [-0.39, 0.29) is 11.9 Å². The molecule has 6 atom stereocenters. The van der Waals surface area contributed by atoms with Gasteiger partial charge in [0.2, 0.25) is 0 Å². The molecule has 3 nitrogen and oxygen atoms in total. The Kier molecular flexibility index (Phi) is 4.88. The van der Waals surface area contributed by atoms with E-state index in [1.165, 1.54) is 0 Å². The smallest absolute Gasteiger partial charge is 0.308 e. The maximum Gasteiger partial charge on any atom is 0.308 e. The maximum absolute atomic E-state index is 12.1. The zero-order valence-electron chi connectivity index (χ0n) is 12.7. The van der Waals surface area contributed by atoms with Crippen molar-refractivity contribution in [3.63, 3.8) is 0 Å². The number of carbonyl (C=O) groups is 1. The Labute approximate surface area is 117 Å². The van der Waals surface area contributed by atoms with E-state index in [1.807, 2.05) is 6.92 Å². The lowest BCUT2D eigenvalue weighted by Crippen LogP contribution is -2.28. The van der Waals surface area contributed by atoms with E-state index in [9.17, 15) is 4.79 Å². The molecule has 1 saturated heterocycles. The fraction of sp³-hybridized carbons (Fsp3) is 0.938. The molecule has 0 amide bonds. The number of epoxide rings is 1. The number of rotatable bonds is 6. The second-order valence-corrected chi connectivity index (χ2v) is 6.56. The number of hydrogen-bond donors (Lipinski definition) is 0. The summed E-state index contributed by atoms with van der Waals surface area (Å²) in [4.78, 5) is 12.1. The van der Waals surface area contributed by atoms with Gasteiger partial charge in [0.1, 0.15) is 0 Å². The van der Waals surface area contributed by atoms with Gasteiger partial charge in [0, 0.05) is 0 Å². The highest BCUT2D eigenvalue weighted by Gasteiger charge is 2.44. The first-order valence-corrected chi connectivity index (χ1v) is 7.85. The van der Waals surface area contributed by atoms with Gasteiger partial charge in [-0.05, 0) is 37.0 Å². The van der Waals surface area contributed by atoms with Crippen LogP contribution in [0.3, 0.4) is 0 Å². The first kappa shape index (κ1) is 14.8. The Bertz CT molecular complexity index is 315. The molecule has 0 bridgehead atoms. The van der Waals surface area contributed by atoms with Gasteiger partial charge < -0.3 is 9.47 Å². The molecular formula is C16H28O3. The van der Waals surface area contributed by atoms with Crippen LogP contribution in [0.1, 0.15) is 53.4 Å². The highest BCUT2D eigenvalue weighted by Crippen LogP contribution is 2.39. The Morgan fingerprint density at radius 3 is 2.63 bits per heavy atom. The summed E-state index contributed by atoms with van der Waals surface area (Å²) in [5.41, 5.74) is 0. The van der Waals surface area contributed by atoms with Gasteiger partial charge in [-0.3, -0.25) is 4.79 Å². The van der Waals surface area contributed by atoms with Gasteiger partial charge in [-0.25, -0.2) is 0 Å². The molecule has 0 aromatic rings. The maximum atomic E-state index is 12.1. The first-order chi connectivity index (χ1) is 9.02. The topological polar surface area (TPSA) is 38.8 Å². The number of ether oxygens (including phenoxy) is 2. The molecule has 1 aliphatic carbocycles. The van der Waals surface area contributed by atoms with Crippen molar-refractivity contribution in [3.05, 3.63) is 0 Å². The lowest BCUT2D eigenvalue weighted by molar-refractivity contribution is -0.152. The number of hydrogen-bond acceptors (Lipinski definition) is 3. The predicted molar refractivity (Wildman–Crippen MR) is 74.7 cm³/mol. The van der Waals surface area contributed by atoms with Crippen molar-refractivity contribution in [3.8, 4) is 0 Å². The average Bonchev–Trinajstić information content (AvgIpc) is 3.20. The Morgan fingerprint density at radius 1 is 1.26 bits per heavy atom. The SMILES string of the molecule is CCC(C)C(C)C(C)C(=O)OCC1CCC2OC2C1. The molecule has 0 radical (unpaired) electrons. The zero-order chi connectivity index (χ0) is 14.0. The lowest BCUT2D eigenvalue weighted by Gasteiger charge is -2.25. The molecule has 110 valence electrons. The molecule has 2 rings (SSSR count). The minimum Gasteiger partial charge on any atom is -0.465 e. The summed E-state index contributed by atoms with van der Waals surface area (Å²) in [5.74, 6) is 1.45. The van der Waals surface area contributed by atoms with Gasteiger partial charge in [-0.1, -0.05) is 34.1 Å². The second kappa shape index (κ2) is 6.25. The van der Waals surface area contributed by atoms with Gasteiger partial charge in [0.05, 0.1) is 24.7 Å². The summed E-state index contributed by atoms with van der Waals surface area (Å²) in [6.45, 7) is 9.12. The molecule has 0 N–H and O–H groups in total. The lowest BCUT2D eigenvalue weighted by atomic mass is 9.83. The molecule has 1 saturated carbocycles. The predicted octanol–water partition coefficient (Wildman–Crippen LogP) is 3.42. The molecule has 1 aliphatic heterocycles. The van der Waals surface area contributed by atoms with Crippen LogP contribution in [0.15, 0.2) is 0 Å². The molecule has 2 fully saturated rings. The van der Waals surface area contributed by atoms with E-state index in [2.05, 4.69) is 20.8 Å². The number of esters is 1. The highest BCUT2D eigenvalue weighted by molar-refractivity contribution is 5.72. The number of carbonyl (C=O) groups excluding carboxylic acids is 1. The van der Waals surface area contributed by atoms with Crippen LogP contribution in [0.5, 0.6) is 0 Å². The van der Waals surface area contributed by atoms with Gasteiger partial charge in [0.15, 0.2) is 0 Å². The van der Waals surface area contributed by atoms with E-state index < -0.39 is 0 Å². The molecule has 3 heteroatoms. The van der Waals surface area contributed by atoms with E-state index in [1.54, 1.807) is 0 Å². The normalized spacial score (nSPS) is 34.0. The minimum atomic E-state index is -0.0216. The molecule has 1 heterocycles. The molecule has 0 aromatic heterocycles. The first-order valence-electron chi connectivity index (χ1n) is 7.85.